The van der Waals surface area contributed by atoms with E-state index in [2.05, 4.69) is 35.3 Å². The number of amides is 3. The number of ether oxygens (including phenoxy) is 1. The summed E-state index contributed by atoms with van der Waals surface area (Å²) in [4.78, 5) is 45.7. The maximum atomic E-state index is 13.4. The van der Waals surface area contributed by atoms with Crippen molar-refractivity contribution in [1.82, 2.24) is 15.5 Å². The Morgan fingerprint density at radius 1 is 1.11 bits per heavy atom. The summed E-state index contributed by atoms with van der Waals surface area (Å²) in [5.74, 6) is 0.130. The monoisotopic (exact) mass is 496 g/mol. The number of esters is 1. The van der Waals surface area contributed by atoms with Gasteiger partial charge in [0.2, 0.25) is 5.91 Å². The number of urea groups is 1. The van der Waals surface area contributed by atoms with Crippen molar-refractivity contribution in [2.24, 2.45) is 4.99 Å². The third-order valence-electron chi connectivity index (χ3n) is 8.17. The number of methoxy groups -OCH3 is 1. The number of hydrogen-bond donors (Lipinski definition) is 2. The zero-order valence-electron chi connectivity index (χ0n) is 21.5. The second-order valence-corrected chi connectivity index (χ2v) is 16.7. The molecule has 3 aliphatic rings. The lowest BCUT2D eigenvalue weighted by molar-refractivity contribution is -0.143. The number of nitrogens with zero attached hydrogens (tertiary/aromatic N) is 2. The fourth-order valence-corrected chi connectivity index (χ4v) is 8.10. The van der Waals surface area contributed by atoms with Crippen LogP contribution in [0, 0.1) is 0 Å². The van der Waals surface area contributed by atoms with Crippen LogP contribution in [0.2, 0.25) is 24.7 Å². The molecule has 8 nitrogen and oxygen atoms in total. The molecule has 9 heteroatoms. The molecule has 1 aromatic rings. The Balaban J connectivity index is 1.51. The molecule has 0 aromatic heterocycles. The highest BCUT2D eigenvalue weighted by Gasteiger charge is 2.54. The van der Waals surface area contributed by atoms with Gasteiger partial charge in [0.05, 0.1) is 33.8 Å². The molecule has 2 heterocycles. The van der Waals surface area contributed by atoms with Crippen LogP contribution in [-0.4, -0.2) is 62.5 Å². The van der Waals surface area contributed by atoms with Crippen molar-refractivity contribution in [3.05, 3.63) is 47.0 Å². The molecule has 0 saturated heterocycles. The topological polar surface area (TPSA) is 100 Å². The van der Waals surface area contributed by atoms with Gasteiger partial charge in [-0.2, -0.15) is 0 Å². The molecule has 1 atom stereocenters. The van der Waals surface area contributed by atoms with Gasteiger partial charge in [0.1, 0.15) is 5.84 Å². The second kappa shape index (κ2) is 8.93. The maximum Gasteiger partial charge on any atom is 0.333 e. The summed E-state index contributed by atoms with van der Waals surface area (Å²) in [5.41, 5.74) is 1.96. The van der Waals surface area contributed by atoms with Crippen LogP contribution in [0.25, 0.3) is 0 Å². The molecule has 2 aliphatic heterocycles. The fraction of sp³-hybridized carbons (Fsp3) is 0.538. The number of aliphatic imine (C=N–C) groups is 1. The summed E-state index contributed by atoms with van der Waals surface area (Å²) in [6, 6.07) is 7.76. The molecule has 1 saturated carbocycles. The van der Waals surface area contributed by atoms with Crippen LogP contribution >= 0.6 is 0 Å². The standard InChI is InChI=1S/C26H36N4O4Si/c1-25(2)19-15-27-21(29-23(32)26(13-10-14-26)35(4,5)6)18(19)16-30(25)24(33)28-20(22(31)34-3)17-11-8-7-9-12-17/h7-9,11-12,20H,10,13-16H2,1-6H3,(H,28,33)(H,27,29,32)/t20-/m0/s1. The van der Waals surface area contributed by atoms with Gasteiger partial charge in [0.15, 0.2) is 6.04 Å². The molecule has 2 N–H and O–H groups in total. The molecule has 1 fully saturated rings. The van der Waals surface area contributed by atoms with Crippen molar-refractivity contribution in [2.75, 3.05) is 20.2 Å². The summed E-state index contributed by atoms with van der Waals surface area (Å²) in [6.45, 7) is 11.5. The smallest absolute Gasteiger partial charge is 0.333 e. The highest BCUT2D eigenvalue weighted by atomic mass is 28.3. The van der Waals surface area contributed by atoms with E-state index < -0.39 is 25.6 Å². The zero-order chi connectivity index (χ0) is 25.6. The molecule has 0 unspecified atom stereocenters. The Hall–Kier alpha value is -2.94. The molecule has 188 valence electrons. The average Bonchev–Trinajstić information content (AvgIpc) is 3.28. The third kappa shape index (κ3) is 4.20. The molecule has 4 rings (SSSR count). The molecular formula is C26H36N4O4Si. The van der Waals surface area contributed by atoms with Gasteiger partial charge in [-0.15, -0.1) is 0 Å². The Kier molecular flexibility index (Phi) is 6.42. The van der Waals surface area contributed by atoms with E-state index in [1.807, 2.05) is 32.0 Å². The molecular weight excluding hydrogens is 460 g/mol. The Morgan fingerprint density at radius 3 is 2.31 bits per heavy atom. The van der Waals surface area contributed by atoms with Crippen LogP contribution in [0.5, 0.6) is 0 Å². The van der Waals surface area contributed by atoms with E-state index in [-0.39, 0.29) is 17.0 Å². The summed E-state index contributed by atoms with van der Waals surface area (Å²) < 4.78 is 4.95. The van der Waals surface area contributed by atoms with Crippen molar-refractivity contribution in [3.8, 4) is 0 Å². The Labute approximate surface area is 208 Å². The first-order valence-electron chi connectivity index (χ1n) is 12.2. The summed E-state index contributed by atoms with van der Waals surface area (Å²) in [6.07, 6.45) is 2.95. The van der Waals surface area contributed by atoms with E-state index in [0.717, 1.165) is 30.4 Å². The number of rotatable bonds is 5. The number of nitrogens with one attached hydrogen (secondary N) is 2. The molecule has 35 heavy (non-hydrogen) atoms. The predicted molar refractivity (Wildman–Crippen MR) is 138 cm³/mol. The first kappa shape index (κ1) is 25.2. The number of carbonyl (C=O) groups is 3. The van der Waals surface area contributed by atoms with Crippen molar-refractivity contribution >= 4 is 31.8 Å². The molecule has 3 amide bonds. The van der Waals surface area contributed by atoms with E-state index in [4.69, 9.17) is 4.74 Å². The minimum absolute atomic E-state index is 0.0750. The summed E-state index contributed by atoms with van der Waals surface area (Å²) >= 11 is 0. The largest absolute Gasteiger partial charge is 0.467 e. The fourth-order valence-electron chi connectivity index (χ4n) is 5.50. The molecule has 1 aromatic carbocycles. The number of carbonyl (C=O) groups excluding carboxylic acids is 3. The third-order valence-corrected chi connectivity index (χ3v) is 11.8. The minimum atomic E-state index is -1.72. The summed E-state index contributed by atoms with van der Waals surface area (Å²) in [7, 11) is -0.412. The van der Waals surface area contributed by atoms with Crippen LogP contribution in [0.15, 0.2) is 46.5 Å². The van der Waals surface area contributed by atoms with Gasteiger partial charge in [0, 0.05) is 10.6 Å². The van der Waals surface area contributed by atoms with Gasteiger partial charge in [0.25, 0.3) is 0 Å². The van der Waals surface area contributed by atoms with Crippen LogP contribution in [0.1, 0.15) is 44.7 Å². The van der Waals surface area contributed by atoms with E-state index in [0.29, 0.717) is 24.5 Å². The molecule has 1 aliphatic carbocycles. The van der Waals surface area contributed by atoms with Crippen molar-refractivity contribution in [1.29, 1.82) is 0 Å². The van der Waals surface area contributed by atoms with Crippen LogP contribution in [0.4, 0.5) is 4.79 Å². The zero-order valence-corrected chi connectivity index (χ0v) is 22.5. The van der Waals surface area contributed by atoms with Crippen molar-refractivity contribution in [3.63, 3.8) is 0 Å². The lowest BCUT2D eigenvalue weighted by Crippen LogP contribution is -2.55. The Morgan fingerprint density at radius 2 is 1.77 bits per heavy atom. The lowest BCUT2D eigenvalue weighted by Gasteiger charge is -2.49. The van der Waals surface area contributed by atoms with E-state index in [9.17, 15) is 14.4 Å². The first-order chi connectivity index (χ1) is 16.4. The maximum absolute atomic E-state index is 13.4. The highest BCUT2D eigenvalue weighted by molar-refractivity contribution is 6.82. The number of benzene rings is 1. The minimum Gasteiger partial charge on any atom is -0.467 e. The molecule has 0 radical (unpaired) electrons. The molecule has 0 bridgehead atoms. The second-order valence-electron chi connectivity index (χ2n) is 11.2. The van der Waals surface area contributed by atoms with Crippen LogP contribution < -0.4 is 10.6 Å². The van der Waals surface area contributed by atoms with E-state index in [1.165, 1.54) is 7.11 Å². The van der Waals surface area contributed by atoms with Gasteiger partial charge in [-0.05, 0) is 37.8 Å². The normalized spacial score (nSPS) is 21.0. The lowest BCUT2D eigenvalue weighted by atomic mass is 9.83. The Bertz CT molecular complexity index is 1100. The summed E-state index contributed by atoms with van der Waals surface area (Å²) in [5, 5.41) is 5.74. The highest BCUT2D eigenvalue weighted by Crippen LogP contribution is 2.55. The van der Waals surface area contributed by atoms with Gasteiger partial charge >= 0.3 is 12.0 Å². The number of amidine groups is 1. The van der Waals surface area contributed by atoms with Gasteiger partial charge in [-0.1, -0.05) is 56.4 Å². The number of hydrogen-bond acceptors (Lipinski definition) is 5. The predicted octanol–water partition coefficient (Wildman–Crippen LogP) is 3.79. The van der Waals surface area contributed by atoms with Crippen LogP contribution in [0.3, 0.4) is 0 Å². The first-order valence-corrected chi connectivity index (χ1v) is 15.7. The quantitative estimate of drug-likeness (QED) is 0.478. The molecule has 0 spiro atoms. The van der Waals surface area contributed by atoms with Crippen LogP contribution in [-0.2, 0) is 14.3 Å². The van der Waals surface area contributed by atoms with E-state index in [1.54, 1.807) is 17.0 Å². The van der Waals surface area contributed by atoms with Gasteiger partial charge < -0.3 is 20.3 Å². The van der Waals surface area contributed by atoms with Crippen molar-refractivity contribution < 1.29 is 19.1 Å². The SMILES string of the molecule is COC(=O)[C@@H](NC(=O)N1CC2=C(CN=C2NC(=O)C2([Si](C)(C)C)CCC2)C1(C)C)c1ccccc1. The van der Waals surface area contributed by atoms with Crippen molar-refractivity contribution in [2.45, 2.75) is 69.4 Å². The average molecular weight is 497 g/mol. The van der Waals surface area contributed by atoms with Gasteiger partial charge in [-0.3, -0.25) is 9.79 Å². The van der Waals surface area contributed by atoms with E-state index >= 15 is 0 Å². The van der Waals surface area contributed by atoms with Gasteiger partial charge in [-0.25, -0.2) is 9.59 Å².